The van der Waals surface area contributed by atoms with Crippen LogP contribution in [0.25, 0.3) is 0 Å². The SMILES string of the molecule is CCOC(=O)c1c(C)[nH]c(C(=O)[C@H](C)Nc2ccc(C(=O)OC)cc2)c1C. The zero-order valence-electron chi connectivity index (χ0n) is 16.1. The first-order valence-electron chi connectivity index (χ1n) is 8.65. The van der Waals surface area contributed by atoms with Crippen LogP contribution in [0.2, 0.25) is 0 Å². The molecule has 7 heteroatoms. The Morgan fingerprint density at radius 3 is 2.30 bits per heavy atom. The lowest BCUT2D eigenvalue weighted by molar-refractivity contribution is 0.0524. The van der Waals surface area contributed by atoms with E-state index in [0.717, 1.165) is 0 Å². The highest BCUT2D eigenvalue weighted by Gasteiger charge is 2.25. The van der Waals surface area contributed by atoms with E-state index < -0.39 is 18.0 Å². The van der Waals surface area contributed by atoms with Crippen molar-refractivity contribution in [2.24, 2.45) is 0 Å². The summed E-state index contributed by atoms with van der Waals surface area (Å²) < 4.78 is 9.72. The average molecular weight is 372 g/mol. The lowest BCUT2D eigenvalue weighted by atomic mass is 10.0. The molecule has 0 amide bonds. The van der Waals surface area contributed by atoms with Gasteiger partial charge in [-0.25, -0.2) is 9.59 Å². The summed E-state index contributed by atoms with van der Waals surface area (Å²) >= 11 is 0. The number of aromatic nitrogens is 1. The van der Waals surface area contributed by atoms with Gasteiger partial charge in [0.1, 0.15) is 0 Å². The van der Waals surface area contributed by atoms with E-state index in [-0.39, 0.29) is 12.4 Å². The number of esters is 2. The van der Waals surface area contributed by atoms with Gasteiger partial charge in [0.2, 0.25) is 5.78 Å². The number of carbonyl (C=O) groups excluding carboxylic acids is 3. The van der Waals surface area contributed by atoms with Gasteiger partial charge in [-0.15, -0.1) is 0 Å². The normalized spacial score (nSPS) is 11.6. The van der Waals surface area contributed by atoms with Crippen LogP contribution in [0.15, 0.2) is 24.3 Å². The van der Waals surface area contributed by atoms with E-state index in [2.05, 4.69) is 15.0 Å². The van der Waals surface area contributed by atoms with Crippen LogP contribution in [0.5, 0.6) is 0 Å². The first kappa shape index (κ1) is 20.2. The van der Waals surface area contributed by atoms with E-state index in [1.165, 1.54) is 7.11 Å². The molecule has 2 aromatic rings. The van der Waals surface area contributed by atoms with Crippen molar-refractivity contribution in [3.63, 3.8) is 0 Å². The van der Waals surface area contributed by atoms with Crippen molar-refractivity contribution in [1.29, 1.82) is 0 Å². The maximum absolute atomic E-state index is 12.8. The van der Waals surface area contributed by atoms with Crippen molar-refractivity contribution >= 4 is 23.4 Å². The highest BCUT2D eigenvalue weighted by molar-refractivity contribution is 6.04. The Bertz CT molecular complexity index is 852. The van der Waals surface area contributed by atoms with Crippen LogP contribution >= 0.6 is 0 Å². The molecular formula is C20H24N2O5. The maximum atomic E-state index is 12.8. The Kier molecular flexibility index (Phi) is 6.39. The highest BCUT2D eigenvalue weighted by atomic mass is 16.5. The van der Waals surface area contributed by atoms with Gasteiger partial charge in [-0.1, -0.05) is 0 Å². The molecule has 1 heterocycles. The summed E-state index contributed by atoms with van der Waals surface area (Å²) in [4.78, 5) is 39.4. The minimum Gasteiger partial charge on any atom is -0.465 e. The summed E-state index contributed by atoms with van der Waals surface area (Å²) in [6.07, 6.45) is 0. The molecular weight excluding hydrogens is 348 g/mol. The quantitative estimate of drug-likeness (QED) is 0.572. The highest BCUT2D eigenvalue weighted by Crippen LogP contribution is 2.21. The first-order chi connectivity index (χ1) is 12.8. The molecule has 0 aliphatic heterocycles. The Morgan fingerprint density at radius 1 is 1.11 bits per heavy atom. The van der Waals surface area contributed by atoms with Crippen LogP contribution in [0.4, 0.5) is 5.69 Å². The summed E-state index contributed by atoms with van der Waals surface area (Å²) in [5.41, 5.74) is 3.07. The topological polar surface area (TPSA) is 97.5 Å². The number of benzene rings is 1. The van der Waals surface area contributed by atoms with Gasteiger partial charge in [0.25, 0.3) is 0 Å². The number of aryl methyl sites for hydroxylation is 1. The molecule has 144 valence electrons. The summed E-state index contributed by atoms with van der Waals surface area (Å²) in [5.74, 6) is -1.04. The third kappa shape index (κ3) is 4.36. The van der Waals surface area contributed by atoms with E-state index in [4.69, 9.17) is 4.74 Å². The van der Waals surface area contributed by atoms with Gasteiger partial charge in [-0.05, 0) is 57.5 Å². The first-order valence-corrected chi connectivity index (χ1v) is 8.65. The van der Waals surface area contributed by atoms with Gasteiger partial charge in [-0.3, -0.25) is 4.79 Å². The van der Waals surface area contributed by atoms with Crippen molar-refractivity contribution < 1.29 is 23.9 Å². The van der Waals surface area contributed by atoms with Gasteiger partial charge in [0.15, 0.2) is 0 Å². The molecule has 1 aromatic carbocycles. The summed E-state index contributed by atoms with van der Waals surface area (Å²) in [7, 11) is 1.32. The predicted molar refractivity (Wildman–Crippen MR) is 101 cm³/mol. The average Bonchev–Trinajstić information content (AvgIpc) is 2.95. The van der Waals surface area contributed by atoms with Gasteiger partial charge in [0.05, 0.1) is 36.6 Å². The van der Waals surface area contributed by atoms with Crippen molar-refractivity contribution in [2.75, 3.05) is 19.0 Å². The minimum absolute atomic E-state index is 0.178. The van der Waals surface area contributed by atoms with Crippen LogP contribution in [-0.4, -0.2) is 42.5 Å². The molecule has 0 aliphatic rings. The zero-order valence-corrected chi connectivity index (χ0v) is 16.1. The number of hydrogen-bond donors (Lipinski definition) is 2. The Hall–Kier alpha value is -3.09. The number of hydrogen-bond acceptors (Lipinski definition) is 6. The fraction of sp³-hybridized carbons (Fsp3) is 0.350. The second-order valence-electron chi connectivity index (χ2n) is 6.14. The second kappa shape index (κ2) is 8.53. The summed E-state index contributed by atoms with van der Waals surface area (Å²) in [6, 6.07) is 6.10. The van der Waals surface area contributed by atoms with E-state index >= 15 is 0 Å². The third-order valence-corrected chi connectivity index (χ3v) is 4.25. The number of nitrogens with one attached hydrogen (secondary N) is 2. The molecule has 0 aliphatic carbocycles. The Morgan fingerprint density at radius 2 is 1.74 bits per heavy atom. The molecule has 0 fully saturated rings. The van der Waals surface area contributed by atoms with Gasteiger partial charge >= 0.3 is 11.9 Å². The summed E-state index contributed by atoms with van der Waals surface area (Å²) in [6.45, 7) is 7.20. The molecule has 2 N–H and O–H groups in total. The molecule has 0 bridgehead atoms. The molecule has 7 nitrogen and oxygen atoms in total. The number of rotatable bonds is 7. The lowest BCUT2D eigenvalue weighted by Crippen LogP contribution is -2.27. The van der Waals surface area contributed by atoms with Gasteiger partial charge in [-0.2, -0.15) is 0 Å². The molecule has 0 saturated carbocycles. The number of carbonyl (C=O) groups is 3. The number of methoxy groups -OCH3 is 1. The van der Waals surface area contributed by atoms with E-state index in [1.807, 2.05) is 0 Å². The largest absolute Gasteiger partial charge is 0.465 e. The number of ketones is 1. The molecule has 0 radical (unpaired) electrons. The molecule has 0 saturated heterocycles. The van der Waals surface area contributed by atoms with Gasteiger partial charge in [0, 0.05) is 11.4 Å². The number of Topliss-reactive ketones (excluding diaryl/α,β-unsaturated/α-hetero) is 1. The minimum atomic E-state index is -0.541. The number of H-pyrrole nitrogens is 1. The van der Waals surface area contributed by atoms with Crippen LogP contribution in [0.1, 0.15) is 56.3 Å². The monoisotopic (exact) mass is 372 g/mol. The van der Waals surface area contributed by atoms with Crippen LogP contribution < -0.4 is 5.32 Å². The maximum Gasteiger partial charge on any atom is 0.340 e. The van der Waals surface area contributed by atoms with Crippen molar-refractivity contribution in [3.05, 3.63) is 52.3 Å². The van der Waals surface area contributed by atoms with Crippen LogP contribution in [0, 0.1) is 13.8 Å². The van der Waals surface area contributed by atoms with E-state index in [1.54, 1.807) is 52.0 Å². The molecule has 0 spiro atoms. The smallest absolute Gasteiger partial charge is 0.340 e. The van der Waals surface area contributed by atoms with Crippen molar-refractivity contribution in [2.45, 2.75) is 33.7 Å². The molecule has 2 rings (SSSR count). The number of aromatic amines is 1. The molecule has 1 atom stereocenters. The molecule has 0 unspecified atom stereocenters. The molecule has 27 heavy (non-hydrogen) atoms. The molecule has 1 aromatic heterocycles. The predicted octanol–water partition coefficient (Wildman–Crippen LogP) is 3.28. The fourth-order valence-electron chi connectivity index (χ4n) is 2.86. The number of ether oxygens (including phenoxy) is 2. The van der Waals surface area contributed by atoms with E-state index in [9.17, 15) is 14.4 Å². The van der Waals surface area contributed by atoms with E-state index in [0.29, 0.717) is 33.8 Å². The second-order valence-corrected chi connectivity index (χ2v) is 6.14. The number of anilines is 1. The van der Waals surface area contributed by atoms with Crippen LogP contribution in [-0.2, 0) is 9.47 Å². The van der Waals surface area contributed by atoms with Gasteiger partial charge < -0.3 is 19.8 Å². The standard InChI is InChI=1S/C20H24N2O5/c1-6-27-20(25)16-11(2)17(22-12(16)3)18(23)13(4)21-15-9-7-14(8-10-15)19(24)26-5/h7-10,13,21-22H,6H2,1-5H3/t13-/m0/s1. The van der Waals surface area contributed by atoms with Crippen LogP contribution in [0.3, 0.4) is 0 Å². The Balaban J connectivity index is 2.17. The Labute approximate surface area is 158 Å². The summed E-state index contributed by atoms with van der Waals surface area (Å²) in [5, 5.41) is 3.10. The zero-order chi connectivity index (χ0) is 20.1. The fourth-order valence-corrected chi connectivity index (χ4v) is 2.86. The van der Waals surface area contributed by atoms with Crippen molar-refractivity contribution in [3.8, 4) is 0 Å². The van der Waals surface area contributed by atoms with Crippen molar-refractivity contribution in [1.82, 2.24) is 4.98 Å². The third-order valence-electron chi connectivity index (χ3n) is 4.25. The lowest BCUT2D eigenvalue weighted by Gasteiger charge is -2.14.